The summed E-state index contributed by atoms with van der Waals surface area (Å²) in [6, 6.07) is 9.29. The van der Waals surface area contributed by atoms with E-state index in [-0.39, 0.29) is 6.29 Å². The van der Waals surface area contributed by atoms with Gasteiger partial charge in [0.2, 0.25) is 0 Å². The third-order valence-electron chi connectivity index (χ3n) is 8.51. The minimum atomic E-state index is 0.0480. The summed E-state index contributed by atoms with van der Waals surface area (Å²) < 4.78 is 18.3. The molecule has 4 rings (SSSR count). The highest BCUT2D eigenvalue weighted by molar-refractivity contribution is 8.00. The van der Waals surface area contributed by atoms with Gasteiger partial charge in [0.05, 0.1) is 25.9 Å². The maximum Gasteiger partial charge on any atom is 0.160 e. The number of benzene rings is 1. The Morgan fingerprint density at radius 1 is 0.611 bits per heavy atom. The van der Waals surface area contributed by atoms with Crippen LogP contribution in [0.5, 0.6) is 0 Å². The second-order valence-electron chi connectivity index (χ2n) is 11.5. The molecule has 0 aromatic heterocycles. The molecule has 0 radical (unpaired) electrons. The SMILES string of the molecule is c1cc(SC2CCCCCCCC(C3OCCO3)CC2)ccc1COC1CCCCCCCCCC1. The topological polar surface area (TPSA) is 27.7 Å². The van der Waals surface area contributed by atoms with Gasteiger partial charge in [-0.1, -0.05) is 95.6 Å². The van der Waals surface area contributed by atoms with E-state index in [9.17, 15) is 0 Å². The summed E-state index contributed by atoms with van der Waals surface area (Å²) in [5.74, 6) is 0.569. The molecular formula is C32H52O3S. The van der Waals surface area contributed by atoms with E-state index in [0.717, 1.165) is 19.8 Å². The Balaban J connectivity index is 1.25. The van der Waals surface area contributed by atoms with Crippen molar-refractivity contribution in [3.63, 3.8) is 0 Å². The van der Waals surface area contributed by atoms with E-state index in [1.807, 2.05) is 0 Å². The lowest BCUT2D eigenvalue weighted by Gasteiger charge is -2.24. The molecule has 1 aromatic rings. The van der Waals surface area contributed by atoms with Crippen LogP contribution in [-0.4, -0.2) is 30.9 Å². The summed E-state index contributed by atoms with van der Waals surface area (Å²) in [4.78, 5) is 1.42. The monoisotopic (exact) mass is 516 g/mol. The first-order valence-corrected chi connectivity index (χ1v) is 16.4. The lowest BCUT2D eigenvalue weighted by atomic mass is 9.94. The molecule has 0 N–H and O–H groups in total. The molecule has 3 aliphatic rings. The molecule has 4 heteroatoms. The smallest absolute Gasteiger partial charge is 0.160 e. The molecule has 2 saturated carbocycles. The maximum atomic E-state index is 6.43. The molecule has 1 aliphatic heterocycles. The zero-order valence-corrected chi connectivity index (χ0v) is 23.6. The average Bonchev–Trinajstić information content (AvgIpc) is 3.40. The highest BCUT2D eigenvalue weighted by Crippen LogP contribution is 2.35. The number of hydrogen-bond donors (Lipinski definition) is 0. The second kappa shape index (κ2) is 17.1. The van der Waals surface area contributed by atoms with Crippen molar-refractivity contribution in [2.75, 3.05) is 13.2 Å². The van der Waals surface area contributed by atoms with Crippen molar-refractivity contribution in [1.82, 2.24) is 0 Å². The second-order valence-corrected chi connectivity index (χ2v) is 12.9. The quantitative estimate of drug-likeness (QED) is 0.376. The number of ether oxygens (including phenoxy) is 3. The molecule has 1 heterocycles. The lowest BCUT2D eigenvalue weighted by molar-refractivity contribution is -0.0884. The van der Waals surface area contributed by atoms with Crippen molar-refractivity contribution in [1.29, 1.82) is 0 Å². The van der Waals surface area contributed by atoms with Gasteiger partial charge >= 0.3 is 0 Å². The van der Waals surface area contributed by atoms with Crippen LogP contribution >= 0.6 is 11.8 Å². The minimum absolute atomic E-state index is 0.0480. The number of rotatable bonds is 6. The molecule has 2 aliphatic carbocycles. The van der Waals surface area contributed by atoms with Crippen molar-refractivity contribution in [2.24, 2.45) is 5.92 Å². The van der Waals surface area contributed by atoms with Gasteiger partial charge in [-0.2, -0.15) is 0 Å². The largest absolute Gasteiger partial charge is 0.374 e. The lowest BCUT2D eigenvalue weighted by Crippen LogP contribution is -2.22. The van der Waals surface area contributed by atoms with Gasteiger partial charge in [-0.25, -0.2) is 0 Å². The standard InChI is InChI=1S/C32H52O3S/c1-2-4-8-12-16-29(15-11-7-3-1)35-26-27-18-21-31(22-19-27)36-30-17-13-9-5-6-10-14-28(20-23-30)32-33-24-25-34-32/h18-19,21-22,28-30,32H,1-17,20,23-26H2. The Kier molecular flexibility index (Phi) is 13.5. The van der Waals surface area contributed by atoms with E-state index in [1.54, 1.807) is 0 Å². The molecule has 1 aromatic carbocycles. The summed E-state index contributed by atoms with van der Waals surface area (Å²) in [6.45, 7) is 2.31. The fraction of sp³-hybridized carbons (Fsp3) is 0.812. The Bertz CT molecular complexity index is 675. The van der Waals surface area contributed by atoms with Crippen LogP contribution in [0.3, 0.4) is 0 Å². The molecule has 1 saturated heterocycles. The van der Waals surface area contributed by atoms with E-state index in [2.05, 4.69) is 36.0 Å². The first-order chi connectivity index (χ1) is 17.9. The van der Waals surface area contributed by atoms with Crippen molar-refractivity contribution in [3.8, 4) is 0 Å². The minimum Gasteiger partial charge on any atom is -0.374 e. The van der Waals surface area contributed by atoms with Gasteiger partial charge in [-0.3, -0.25) is 0 Å². The predicted molar refractivity (Wildman–Crippen MR) is 152 cm³/mol. The fourth-order valence-corrected chi connectivity index (χ4v) is 7.44. The van der Waals surface area contributed by atoms with Gasteiger partial charge in [0, 0.05) is 16.1 Å². The molecule has 204 valence electrons. The Morgan fingerprint density at radius 2 is 1.17 bits per heavy atom. The molecule has 0 amide bonds. The first kappa shape index (κ1) is 28.5. The summed E-state index contributed by atoms with van der Waals surface area (Å²) >= 11 is 2.10. The number of thioether (sulfide) groups is 1. The van der Waals surface area contributed by atoms with E-state index < -0.39 is 0 Å². The van der Waals surface area contributed by atoms with Crippen LogP contribution in [0, 0.1) is 5.92 Å². The van der Waals surface area contributed by atoms with Crippen molar-refractivity contribution in [2.45, 2.75) is 151 Å². The summed E-state index contributed by atoms with van der Waals surface area (Å²) in [7, 11) is 0. The Labute approximate surface area is 225 Å². The van der Waals surface area contributed by atoms with Crippen molar-refractivity contribution < 1.29 is 14.2 Å². The Morgan fingerprint density at radius 3 is 1.81 bits per heavy atom. The zero-order chi connectivity index (χ0) is 24.7. The van der Waals surface area contributed by atoms with Gasteiger partial charge in [0.15, 0.2) is 6.29 Å². The predicted octanol–water partition coefficient (Wildman–Crippen LogP) is 9.46. The van der Waals surface area contributed by atoms with Gasteiger partial charge in [-0.15, -0.1) is 11.8 Å². The maximum absolute atomic E-state index is 6.43. The van der Waals surface area contributed by atoms with Gasteiger partial charge in [0.25, 0.3) is 0 Å². The number of hydrogen-bond acceptors (Lipinski definition) is 4. The van der Waals surface area contributed by atoms with Crippen molar-refractivity contribution >= 4 is 11.8 Å². The average molecular weight is 517 g/mol. The summed E-state index contributed by atoms with van der Waals surface area (Å²) in [6.07, 6.45) is 26.0. The van der Waals surface area contributed by atoms with Crippen LogP contribution in [0.1, 0.15) is 128 Å². The third-order valence-corrected chi connectivity index (χ3v) is 9.86. The van der Waals surface area contributed by atoms with Crippen LogP contribution in [0.2, 0.25) is 0 Å². The molecular weight excluding hydrogens is 464 g/mol. The van der Waals surface area contributed by atoms with Crippen LogP contribution < -0.4 is 0 Å². The molecule has 0 spiro atoms. The van der Waals surface area contributed by atoms with E-state index in [1.165, 1.54) is 132 Å². The summed E-state index contributed by atoms with van der Waals surface area (Å²) in [5.41, 5.74) is 1.33. The van der Waals surface area contributed by atoms with Crippen LogP contribution in [0.25, 0.3) is 0 Å². The van der Waals surface area contributed by atoms with Crippen LogP contribution in [0.15, 0.2) is 29.2 Å². The first-order valence-electron chi connectivity index (χ1n) is 15.5. The fourth-order valence-electron chi connectivity index (χ4n) is 6.22. The van der Waals surface area contributed by atoms with Crippen LogP contribution in [0.4, 0.5) is 0 Å². The van der Waals surface area contributed by atoms with Gasteiger partial charge < -0.3 is 14.2 Å². The molecule has 0 bridgehead atoms. The molecule has 36 heavy (non-hydrogen) atoms. The highest BCUT2D eigenvalue weighted by atomic mass is 32.2. The highest BCUT2D eigenvalue weighted by Gasteiger charge is 2.27. The zero-order valence-electron chi connectivity index (χ0n) is 22.8. The van der Waals surface area contributed by atoms with E-state index in [4.69, 9.17) is 14.2 Å². The van der Waals surface area contributed by atoms with Gasteiger partial charge in [0.1, 0.15) is 0 Å². The third kappa shape index (κ3) is 10.7. The summed E-state index contributed by atoms with van der Waals surface area (Å²) in [5, 5.41) is 0.695. The van der Waals surface area contributed by atoms with E-state index in [0.29, 0.717) is 17.3 Å². The normalized spacial score (nSPS) is 27.2. The molecule has 3 nitrogen and oxygen atoms in total. The van der Waals surface area contributed by atoms with Gasteiger partial charge in [-0.05, 0) is 56.2 Å². The molecule has 2 atom stereocenters. The van der Waals surface area contributed by atoms with Crippen molar-refractivity contribution in [3.05, 3.63) is 29.8 Å². The Hall–Kier alpha value is -0.550. The molecule has 3 fully saturated rings. The van der Waals surface area contributed by atoms with Crippen LogP contribution in [-0.2, 0) is 20.8 Å². The molecule has 2 unspecified atom stereocenters. The van der Waals surface area contributed by atoms with E-state index >= 15 is 0 Å².